The molecular weight excluding hydrogens is 471 g/mol. The second-order valence-corrected chi connectivity index (χ2v) is 9.56. The number of halogens is 2. The van der Waals surface area contributed by atoms with Crippen LogP contribution in [0, 0.1) is 0 Å². The molecule has 0 saturated carbocycles. The molecule has 0 spiro atoms. The summed E-state index contributed by atoms with van der Waals surface area (Å²) in [5, 5.41) is 2.95. The van der Waals surface area contributed by atoms with Crippen molar-refractivity contribution >= 4 is 62.6 Å². The number of anilines is 1. The number of para-hydroxylation sites is 1. The van der Waals surface area contributed by atoms with E-state index in [1.165, 1.54) is 43.8 Å². The first-order valence-electron chi connectivity index (χ1n) is 8.67. The molecule has 1 amide bonds. The first-order valence-corrected chi connectivity index (χ1v) is 12.1. The Morgan fingerprint density at radius 3 is 2.37 bits per heavy atom. The minimum absolute atomic E-state index is 0.0607. The van der Waals surface area contributed by atoms with E-state index in [2.05, 4.69) is 10.0 Å². The van der Waals surface area contributed by atoms with Crippen LogP contribution in [-0.2, 0) is 24.3 Å². The first-order chi connectivity index (χ1) is 14.0. The quantitative estimate of drug-likeness (QED) is 0.428. The van der Waals surface area contributed by atoms with Crippen molar-refractivity contribution in [1.29, 1.82) is 0 Å². The van der Waals surface area contributed by atoms with Crippen LogP contribution in [0.25, 0.3) is 0 Å². The van der Waals surface area contributed by atoms with Crippen LogP contribution in [0.4, 0.5) is 5.69 Å². The van der Waals surface area contributed by atoms with E-state index in [-0.39, 0.29) is 14.9 Å². The van der Waals surface area contributed by atoms with Crippen LogP contribution in [0.3, 0.4) is 0 Å². The number of esters is 1. The van der Waals surface area contributed by atoms with Crippen molar-refractivity contribution in [3.8, 4) is 0 Å². The number of benzene rings is 2. The number of hydrogen-bond acceptors (Lipinski definition) is 6. The molecule has 2 N–H and O–H groups in total. The largest absolute Gasteiger partial charge is 0.451 e. The average molecular weight is 491 g/mol. The third-order valence-corrected chi connectivity index (χ3v) is 6.99. The molecule has 2 aromatic carbocycles. The summed E-state index contributed by atoms with van der Waals surface area (Å²) >= 11 is 13.1. The number of carbonyl (C=O) groups is 2. The maximum atomic E-state index is 12.4. The van der Waals surface area contributed by atoms with E-state index in [1.807, 2.05) is 18.4 Å². The van der Waals surface area contributed by atoms with Gasteiger partial charge in [-0.1, -0.05) is 35.3 Å². The van der Waals surface area contributed by atoms with Crippen molar-refractivity contribution in [3.63, 3.8) is 0 Å². The second-order valence-electron chi connectivity index (χ2n) is 6.19. The standard InChI is InChI=1S/C19H20Cl2N2O5S2/c1-11(23-30(26,27)13-8-9-14(20)15(21)10-13)19(25)28-12(2)18(24)22-16-6-4-5-7-17(16)29-3/h4-12,23H,1-3H3,(H,22,24)/t11-,12?/m0/s1. The highest BCUT2D eigenvalue weighted by molar-refractivity contribution is 7.98. The lowest BCUT2D eigenvalue weighted by atomic mass is 10.3. The Balaban J connectivity index is 2.00. The zero-order valence-corrected chi connectivity index (χ0v) is 19.5. The van der Waals surface area contributed by atoms with Gasteiger partial charge in [0.15, 0.2) is 6.10 Å². The van der Waals surface area contributed by atoms with Crippen LogP contribution in [0.5, 0.6) is 0 Å². The molecule has 0 fully saturated rings. The molecule has 7 nitrogen and oxygen atoms in total. The molecule has 0 bridgehead atoms. The third kappa shape index (κ3) is 6.36. The highest BCUT2D eigenvalue weighted by atomic mass is 35.5. The van der Waals surface area contributed by atoms with Gasteiger partial charge < -0.3 is 10.1 Å². The molecular formula is C19H20Cl2N2O5S2. The first kappa shape index (κ1) is 24.5. The molecule has 0 saturated heterocycles. The molecule has 2 rings (SSSR count). The molecule has 1 unspecified atom stereocenters. The second kappa shape index (κ2) is 10.5. The topological polar surface area (TPSA) is 102 Å². The Morgan fingerprint density at radius 2 is 1.73 bits per heavy atom. The van der Waals surface area contributed by atoms with Gasteiger partial charge in [-0.05, 0) is 50.4 Å². The molecule has 0 heterocycles. The number of carbonyl (C=O) groups excluding carboxylic acids is 2. The van der Waals surface area contributed by atoms with E-state index in [9.17, 15) is 18.0 Å². The van der Waals surface area contributed by atoms with Gasteiger partial charge in [-0.25, -0.2) is 8.42 Å². The Hall–Kier alpha value is -1.78. The summed E-state index contributed by atoms with van der Waals surface area (Å²) in [6, 6.07) is 9.71. The fraction of sp³-hybridized carbons (Fsp3) is 0.263. The zero-order valence-electron chi connectivity index (χ0n) is 16.3. The van der Waals surface area contributed by atoms with Crippen molar-refractivity contribution in [1.82, 2.24) is 4.72 Å². The van der Waals surface area contributed by atoms with Gasteiger partial charge in [0.25, 0.3) is 5.91 Å². The number of nitrogens with one attached hydrogen (secondary N) is 2. The Morgan fingerprint density at radius 1 is 1.07 bits per heavy atom. The Labute approximate surface area is 189 Å². The van der Waals surface area contributed by atoms with Crippen LogP contribution < -0.4 is 10.0 Å². The van der Waals surface area contributed by atoms with Crippen LogP contribution in [0.1, 0.15) is 13.8 Å². The van der Waals surface area contributed by atoms with Gasteiger partial charge in [-0.15, -0.1) is 11.8 Å². The number of thioether (sulfide) groups is 1. The highest BCUT2D eigenvalue weighted by Crippen LogP contribution is 2.26. The Kier molecular flexibility index (Phi) is 8.57. The summed E-state index contributed by atoms with van der Waals surface area (Å²) in [5.74, 6) is -1.44. The monoisotopic (exact) mass is 490 g/mol. The van der Waals surface area contributed by atoms with Crippen LogP contribution in [0.15, 0.2) is 52.3 Å². The van der Waals surface area contributed by atoms with E-state index in [0.717, 1.165) is 4.90 Å². The normalized spacial score (nSPS) is 13.4. The summed E-state index contributed by atoms with van der Waals surface area (Å²) in [5.41, 5.74) is 0.589. The molecule has 2 aromatic rings. The van der Waals surface area contributed by atoms with Crippen molar-refractivity contribution in [2.75, 3.05) is 11.6 Å². The SMILES string of the molecule is CSc1ccccc1NC(=O)C(C)OC(=O)[C@H](C)NS(=O)(=O)c1ccc(Cl)c(Cl)c1. The number of amides is 1. The molecule has 11 heteroatoms. The molecule has 30 heavy (non-hydrogen) atoms. The minimum Gasteiger partial charge on any atom is -0.451 e. The number of ether oxygens (including phenoxy) is 1. The van der Waals surface area contributed by atoms with Gasteiger partial charge in [0.05, 0.1) is 20.6 Å². The van der Waals surface area contributed by atoms with Gasteiger partial charge in [-0.3, -0.25) is 9.59 Å². The number of sulfonamides is 1. The van der Waals surface area contributed by atoms with Gasteiger partial charge in [-0.2, -0.15) is 4.72 Å². The molecule has 0 aliphatic rings. The zero-order chi connectivity index (χ0) is 22.5. The minimum atomic E-state index is -4.05. The molecule has 162 valence electrons. The highest BCUT2D eigenvalue weighted by Gasteiger charge is 2.27. The van der Waals surface area contributed by atoms with E-state index >= 15 is 0 Å². The fourth-order valence-corrected chi connectivity index (χ4v) is 4.44. The summed E-state index contributed by atoms with van der Waals surface area (Å²) in [4.78, 5) is 25.3. The lowest BCUT2D eigenvalue weighted by Crippen LogP contribution is -2.42. The summed E-state index contributed by atoms with van der Waals surface area (Å²) < 4.78 is 32.2. The van der Waals surface area contributed by atoms with E-state index in [4.69, 9.17) is 27.9 Å². The predicted octanol–water partition coefficient (Wildman–Crippen LogP) is 3.95. The third-order valence-electron chi connectivity index (χ3n) is 3.91. The van der Waals surface area contributed by atoms with Gasteiger partial charge >= 0.3 is 5.97 Å². The molecule has 0 radical (unpaired) electrons. The lowest BCUT2D eigenvalue weighted by Gasteiger charge is -2.18. The predicted molar refractivity (Wildman–Crippen MR) is 119 cm³/mol. The van der Waals surface area contributed by atoms with E-state index in [1.54, 1.807) is 12.1 Å². The molecule has 0 aliphatic carbocycles. The number of hydrogen-bond donors (Lipinski definition) is 2. The average Bonchev–Trinajstić information content (AvgIpc) is 2.69. The van der Waals surface area contributed by atoms with Gasteiger partial charge in [0, 0.05) is 4.90 Å². The lowest BCUT2D eigenvalue weighted by molar-refractivity contribution is -0.154. The van der Waals surface area contributed by atoms with Gasteiger partial charge in [0.1, 0.15) is 6.04 Å². The summed E-state index contributed by atoms with van der Waals surface area (Å²) in [7, 11) is -4.05. The summed E-state index contributed by atoms with van der Waals surface area (Å²) in [6.45, 7) is 2.71. The van der Waals surface area contributed by atoms with Crippen molar-refractivity contribution in [3.05, 3.63) is 52.5 Å². The number of rotatable bonds is 8. The van der Waals surface area contributed by atoms with E-state index < -0.39 is 34.0 Å². The van der Waals surface area contributed by atoms with Gasteiger partial charge in [0.2, 0.25) is 10.0 Å². The molecule has 0 aliphatic heterocycles. The fourth-order valence-electron chi connectivity index (χ4n) is 2.30. The van der Waals surface area contributed by atoms with E-state index in [0.29, 0.717) is 5.69 Å². The molecule has 2 atom stereocenters. The maximum absolute atomic E-state index is 12.4. The van der Waals surface area contributed by atoms with Crippen molar-refractivity contribution in [2.45, 2.75) is 35.8 Å². The van der Waals surface area contributed by atoms with Crippen molar-refractivity contribution < 1.29 is 22.7 Å². The van der Waals surface area contributed by atoms with Crippen LogP contribution in [0.2, 0.25) is 10.0 Å². The van der Waals surface area contributed by atoms with Crippen LogP contribution in [-0.4, -0.2) is 38.7 Å². The van der Waals surface area contributed by atoms with Crippen LogP contribution >= 0.6 is 35.0 Å². The maximum Gasteiger partial charge on any atom is 0.324 e. The van der Waals surface area contributed by atoms with Crippen molar-refractivity contribution in [2.24, 2.45) is 0 Å². The summed E-state index contributed by atoms with van der Waals surface area (Å²) in [6.07, 6.45) is 0.736. The Bertz CT molecular complexity index is 1050. The smallest absolute Gasteiger partial charge is 0.324 e. The molecule has 0 aromatic heterocycles.